The number of carboxylic acid groups (broad SMARTS) is 1. The number of hydrogen-bond donors (Lipinski definition) is 1. The Morgan fingerprint density at radius 1 is 0.912 bits per heavy atom. The van der Waals surface area contributed by atoms with E-state index < -0.39 is 36.6 Å². The summed E-state index contributed by atoms with van der Waals surface area (Å²) in [6.45, 7) is 0. The van der Waals surface area contributed by atoms with Gasteiger partial charge in [0, 0.05) is 24.6 Å². The predicted molar refractivity (Wildman–Crippen MR) is 124 cm³/mol. The van der Waals surface area contributed by atoms with Gasteiger partial charge in [-0.3, -0.25) is 0 Å². The first-order chi connectivity index (χ1) is 15.9. The van der Waals surface area contributed by atoms with Crippen LogP contribution in [-0.2, 0) is 25.6 Å². The molecule has 0 atom stereocenters. The second-order valence-corrected chi connectivity index (χ2v) is 10.6. The van der Waals surface area contributed by atoms with Crippen molar-refractivity contribution in [3.63, 3.8) is 0 Å². The van der Waals surface area contributed by atoms with E-state index in [9.17, 15) is 21.6 Å². The lowest BCUT2D eigenvalue weighted by atomic mass is 10.1. The summed E-state index contributed by atoms with van der Waals surface area (Å²) < 4.78 is 71.7. The minimum Gasteiger partial charge on any atom is -0.496 e. The Labute approximate surface area is 198 Å². The van der Waals surface area contributed by atoms with Crippen molar-refractivity contribution in [1.29, 1.82) is 0 Å². The average Bonchev–Trinajstić information content (AvgIpc) is 2.81. The molecule has 186 valence electrons. The Morgan fingerprint density at radius 3 is 1.94 bits per heavy atom. The number of hydrogen-bond acceptors (Lipinski definition) is 9. The number of sulfone groups is 1. The van der Waals surface area contributed by atoms with Crippen LogP contribution in [0.25, 0.3) is 6.08 Å². The van der Waals surface area contributed by atoms with Gasteiger partial charge in [0.15, 0.2) is 9.84 Å². The normalized spacial score (nSPS) is 11.8. The maximum absolute atomic E-state index is 12.8. The second kappa shape index (κ2) is 10.7. The number of amides is 1. The lowest BCUT2D eigenvalue weighted by Crippen LogP contribution is -2.32. The van der Waals surface area contributed by atoms with E-state index in [-0.39, 0.29) is 15.6 Å². The molecular weight excluding hydrogens is 490 g/mol. The van der Waals surface area contributed by atoms with E-state index in [2.05, 4.69) is 0 Å². The molecule has 1 N–H and O–H groups in total. The molecule has 0 aliphatic carbocycles. The van der Waals surface area contributed by atoms with Crippen molar-refractivity contribution in [3.8, 4) is 23.0 Å². The molecule has 2 aromatic rings. The maximum atomic E-state index is 12.8. The van der Waals surface area contributed by atoms with Crippen molar-refractivity contribution < 1.29 is 45.7 Å². The first kappa shape index (κ1) is 26.8. The highest BCUT2D eigenvalue weighted by Gasteiger charge is 2.29. The SMILES string of the molecule is COc1cc(OC)c(/C=C/S(=O)(=O)Cc2ccc(OC)c(S(=O)(=O)N(C)C(=O)O)c2)c(OC)c1. The molecule has 13 heteroatoms. The molecule has 11 nitrogen and oxygen atoms in total. The van der Waals surface area contributed by atoms with Gasteiger partial charge in [-0.25, -0.2) is 25.9 Å². The molecule has 0 spiro atoms. The molecule has 1 amide bonds. The fourth-order valence-electron chi connectivity index (χ4n) is 2.91. The molecule has 0 fully saturated rings. The predicted octanol–water partition coefficient (Wildman–Crippen LogP) is 2.61. The van der Waals surface area contributed by atoms with Crippen LogP contribution >= 0.6 is 0 Å². The third kappa shape index (κ3) is 5.91. The van der Waals surface area contributed by atoms with Gasteiger partial charge in [-0.15, -0.1) is 0 Å². The molecule has 0 radical (unpaired) electrons. The van der Waals surface area contributed by atoms with E-state index in [1.54, 1.807) is 12.1 Å². The number of rotatable bonds is 10. The van der Waals surface area contributed by atoms with Crippen LogP contribution in [0.2, 0.25) is 0 Å². The molecule has 0 heterocycles. The number of sulfonamides is 1. The van der Waals surface area contributed by atoms with Crippen molar-refractivity contribution in [2.75, 3.05) is 35.5 Å². The molecule has 0 saturated heterocycles. The number of methoxy groups -OCH3 is 4. The molecule has 0 aromatic heterocycles. The fourth-order valence-corrected chi connectivity index (χ4v) is 5.20. The van der Waals surface area contributed by atoms with Crippen molar-refractivity contribution in [2.45, 2.75) is 10.6 Å². The standard InChI is InChI=1S/C21H25NO10S2/c1-22(21(23)24)34(27,28)20-10-14(6-7-17(20)30-3)13-33(25,26)9-8-16-18(31-4)11-15(29-2)12-19(16)32-5/h6-12H,13H2,1-5H3,(H,23,24)/b9-8+. The van der Waals surface area contributed by atoms with Crippen LogP contribution in [0.15, 0.2) is 40.6 Å². The van der Waals surface area contributed by atoms with Gasteiger partial charge < -0.3 is 24.1 Å². The summed E-state index contributed by atoms with van der Waals surface area (Å²) >= 11 is 0. The summed E-state index contributed by atoms with van der Waals surface area (Å²) in [5.74, 6) is 0.395. The number of carbonyl (C=O) groups is 1. The summed E-state index contributed by atoms with van der Waals surface area (Å²) in [4.78, 5) is 10.7. The zero-order chi connectivity index (χ0) is 25.7. The molecular formula is C21H25NO10S2. The first-order valence-electron chi connectivity index (χ1n) is 9.49. The quantitative estimate of drug-likeness (QED) is 0.501. The summed E-state index contributed by atoms with van der Waals surface area (Å²) in [5.41, 5.74) is 0.465. The van der Waals surface area contributed by atoms with Crippen molar-refractivity contribution >= 4 is 32.0 Å². The summed E-state index contributed by atoms with van der Waals surface area (Å²) in [6, 6.07) is 6.82. The average molecular weight is 516 g/mol. The molecule has 0 aliphatic heterocycles. The third-order valence-electron chi connectivity index (χ3n) is 4.70. The van der Waals surface area contributed by atoms with Gasteiger partial charge >= 0.3 is 6.09 Å². The molecule has 0 bridgehead atoms. The van der Waals surface area contributed by atoms with Crippen LogP contribution in [0.4, 0.5) is 4.79 Å². The van der Waals surface area contributed by atoms with Gasteiger partial charge in [-0.05, 0) is 23.8 Å². The van der Waals surface area contributed by atoms with Gasteiger partial charge in [-0.1, -0.05) is 6.07 Å². The van der Waals surface area contributed by atoms with E-state index in [4.69, 9.17) is 24.1 Å². The van der Waals surface area contributed by atoms with Crippen LogP contribution < -0.4 is 18.9 Å². The zero-order valence-electron chi connectivity index (χ0n) is 19.1. The number of ether oxygens (including phenoxy) is 4. The van der Waals surface area contributed by atoms with Gasteiger partial charge in [0.05, 0.1) is 39.8 Å². The molecule has 0 aliphatic rings. The highest BCUT2D eigenvalue weighted by Crippen LogP contribution is 2.35. The van der Waals surface area contributed by atoms with Crippen LogP contribution in [0, 0.1) is 0 Å². The van der Waals surface area contributed by atoms with Gasteiger partial charge in [0.2, 0.25) is 0 Å². The topological polar surface area (TPSA) is 146 Å². The number of nitrogens with zero attached hydrogens (tertiary/aromatic N) is 1. The van der Waals surface area contributed by atoms with E-state index in [1.807, 2.05) is 0 Å². The minimum absolute atomic E-state index is 0.108. The Morgan fingerprint density at radius 2 is 1.47 bits per heavy atom. The van der Waals surface area contributed by atoms with Crippen LogP contribution in [0.3, 0.4) is 0 Å². The highest BCUT2D eigenvalue weighted by molar-refractivity contribution is 7.93. The van der Waals surface area contributed by atoms with E-state index in [0.717, 1.165) is 18.5 Å². The minimum atomic E-state index is -4.49. The van der Waals surface area contributed by atoms with Gasteiger partial charge in [-0.2, -0.15) is 0 Å². The van der Waals surface area contributed by atoms with E-state index >= 15 is 0 Å². The van der Waals surface area contributed by atoms with Crippen LogP contribution in [-0.4, -0.2) is 67.8 Å². The van der Waals surface area contributed by atoms with E-state index in [0.29, 0.717) is 22.8 Å². The smallest absolute Gasteiger partial charge is 0.421 e. The third-order valence-corrected chi connectivity index (χ3v) is 7.74. The Hall–Kier alpha value is -3.45. The highest BCUT2D eigenvalue weighted by atomic mass is 32.2. The largest absolute Gasteiger partial charge is 0.496 e. The molecule has 0 unspecified atom stereocenters. The van der Waals surface area contributed by atoms with Crippen LogP contribution in [0.5, 0.6) is 23.0 Å². The lowest BCUT2D eigenvalue weighted by molar-refractivity contribution is 0.178. The first-order valence-corrected chi connectivity index (χ1v) is 12.6. The summed E-state index contributed by atoms with van der Waals surface area (Å²) in [7, 11) is -2.04. The summed E-state index contributed by atoms with van der Waals surface area (Å²) in [6.07, 6.45) is -0.406. The van der Waals surface area contributed by atoms with Gasteiger partial charge in [0.25, 0.3) is 10.0 Å². The Bertz CT molecular complexity index is 1280. The van der Waals surface area contributed by atoms with Gasteiger partial charge in [0.1, 0.15) is 27.9 Å². The van der Waals surface area contributed by atoms with Crippen molar-refractivity contribution in [2.24, 2.45) is 0 Å². The zero-order valence-corrected chi connectivity index (χ0v) is 20.8. The fraction of sp³-hybridized carbons (Fsp3) is 0.286. The Kier molecular flexibility index (Phi) is 8.40. The van der Waals surface area contributed by atoms with Crippen LogP contribution in [0.1, 0.15) is 11.1 Å². The number of benzene rings is 2. The molecule has 0 saturated carbocycles. The maximum Gasteiger partial charge on any atom is 0.421 e. The Balaban J connectivity index is 2.45. The van der Waals surface area contributed by atoms with Crippen molar-refractivity contribution in [1.82, 2.24) is 4.31 Å². The second-order valence-electron chi connectivity index (χ2n) is 6.80. The van der Waals surface area contributed by atoms with E-state index in [1.165, 1.54) is 46.6 Å². The monoisotopic (exact) mass is 515 g/mol. The summed E-state index contributed by atoms with van der Waals surface area (Å²) in [5, 5.41) is 10.0. The molecule has 34 heavy (non-hydrogen) atoms. The molecule has 2 aromatic carbocycles. The molecule has 2 rings (SSSR count). The lowest BCUT2D eigenvalue weighted by Gasteiger charge is -2.17. The van der Waals surface area contributed by atoms with Crippen molar-refractivity contribution in [3.05, 3.63) is 46.9 Å².